The summed E-state index contributed by atoms with van der Waals surface area (Å²) in [5.41, 5.74) is 11.1. The molecule has 0 radical (unpaired) electrons. The second-order valence-electron chi connectivity index (χ2n) is 6.91. The lowest BCUT2D eigenvalue weighted by atomic mass is 10.1. The van der Waals surface area contributed by atoms with Crippen LogP contribution in [-0.4, -0.2) is 76.7 Å². The van der Waals surface area contributed by atoms with Gasteiger partial charge in [0.2, 0.25) is 17.7 Å². The molecule has 0 aliphatic carbocycles. The number of aliphatic carboxylic acids is 1. The number of likely N-dealkylation sites (tertiary alicyclic amines) is 1. The number of carbonyl (C=O) groups excluding carboxylic acids is 3. The van der Waals surface area contributed by atoms with Crippen LogP contribution in [-0.2, 0) is 19.2 Å². The van der Waals surface area contributed by atoms with Crippen molar-refractivity contribution in [1.29, 1.82) is 0 Å². The number of amides is 3. The van der Waals surface area contributed by atoms with Gasteiger partial charge in [-0.15, -0.1) is 0 Å². The summed E-state index contributed by atoms with van der Waals surface area (Å²) in [7, 11) is 0. The topological polar surface area (TPSA) is 168 Å². The molecular formula is C17H31N5O5S. The lowest BCUT2D eigenvalue weighted by molar-refractivity contribution is -0.142. The van der Waals surface area contributed by atoms with Crippen LogP contribution in [0.5, 0.6) is 0 Å². The van der Waals surface area contributed by atoms with Gasteiger partial charge in [-0.25, -0.2) is 4.79 Å². The van der Waals surface area contributed by atoms with E-state index in [9.17, 15) is 19.2 Å². The Labute approximate surface area is 170 Å². The van der Waals surface area contributed by atoms with Crippen LogP contribution in [0.2, 0.25) is 0 Å². The van der Waals surface area contributed by atoms with E-state index >= 15 is 0 Å². The maximum absolute atomic E-state index is 12.7. The van der Waals surface area contributed by atoms with Crippen LogP contribution in [0.4, 0.5) is 0 Å². The van der Waals surface area contributed by atoms with Crippen molar-refractivity contribution in [2.75, 3.05) is 18.8 Å². The van der Waals surface area contributed by atoms with Crippen molar-refractivity contribution in [2.24, 2.45) is 11.5 Å². The first-order chi connectivity index (χ1) is 13.2. The first-order valence-corrected chi connectivity index (χ1v) is 10.1. The van der Waals surface area contributed by atoms with Crippen LogP contribution >= 0.6 is 12.6 Å². The molecule has 1 fully saturated rings. The van der Waals surface area contributed by atoms with Gasteiger partial charge in [-0.1, -0.05) is 0 Å². The van der Waals surface area contributed by atoms with Gasteiger partial charge in [-0.05, 0) is 45.6 Å². The molecule has 4 atom stereocenters. The summed E-state index contributed by atoms with van der Waals surface area (Å²) < 4.78 is 0. The predicted molar refractivity (Wildman–Crippen MR) is 107 cm³/mol. The predicted octanol–water partition coefficient (Wildman–Crippen LogP) is -1.56. The van der Waals surface area contributed by atoms with Crippen LogP contribution < -0.4 is 22.1 Å². The lowest BCUT2D eigenvalue weighted by Crippen LogP contribution is -2.56. The van der Waals surface area contributed by atoms with E-state index in [-0.39, 0.29) is 11.7 Å². The SMILES string of the molecule is CC(N)C(=O)N1CCCC1C(=O)NC(CCCCN)C(=O)NC(CS)C(=O)O. The first kappa shape index (κ1) is 24.2. The summed E-state index contributed by atoms with van der Waals surface area (Å²) in [6.07, 6.45) is 2.70. The molecule has 0 saturated carbocycles. The number of nitrogens with one attached hydrogen (secondary N) is 2. The normalized spacial score (nSPS) is 19.6. The van der Waals surface area contributed by atoms with Gasteiger partial charge in [0, 0.05) is 12.3 Å². The summed E-state index contributed by atoms with van der Waals surface area (Å²) in [5, 5.41) is 14.1. The zero-order chi connectivity index (χ0) is 21.3. The molecule has 0 aromatic rings. The Morgan fingerprint density at radius 2 is 1.89 bits per heavy atom. The largest absolute Gasteiger partial charge is 0.480 e. The Morgan fingerprint density at radius 3 is 2.43 bits per heavy atom. The third-order valence-electron chi connectivity index (χ3n) is 4.61. The standard InChI is InChI=1S/C17H31N5O5S/c1-10(19)16(25)22-8-4-6-13(22)15(24)20-11(5-2-3-7-18)14(23)21-12(9-28)17(26)27/h10-13,28H,2-9,18-19H2,1H3,(H,20,24)(H,21,23)(H,26,27). The van der Waals surface area contributed by atoms with Crippen molar-refractivity contribution < 1.29 is 24.3 Å². The summed E-state index contributed by atoms with van der Waals surface area (Å²) in [6.45, 7) is 2.43. The molecule has 3 amide bonds. The fourth-order valence-corrected chi connectivity index (χ4v) is 3.30. The molecule has 1 saturated heterocycles. The quantitative estimate of drug-likeness (QED) is 0.174. The average molecular weight is 418 g/mol. The van der Waals surface area contributed by atoms with Gasteiger partial charge in [0.15, 0.2) is 0 Å². The van der Waals surface area contributed by atoms with E-state index in [1.807, 2.05) is 0 Å². The van der Waals surface area contributed by atoms with E-state index < -0.39 is 42.0 Å². The van der Waals surface area contributed by atoms with Crippen molar-refractivity contribution in [3.05, 3.63) is 0 Å². The minimum Gasteiger partial charge on any atom is -0.480 e. The molecule has 0 spiro atoms. The van der Waals surface area contributed by atoms with Crippen molar-refractivity contribution >= 4 is 36.3 Å². The highest BCUT2D eigenvalue weighted by Crippen LogP contribution is 2.19. The fraction of sp³-hybridized carbons (Fsp3) is 0.765. The zero-order valence-corrected chi connectivity index (χ0v) is 17.0. The van der Waals surface area contributed by atoms with Crippen molar-refractivity contribution in [3.63, 3.8) is 0 Å². The Morgan fingerprint density at radius 1 is 1.21 bits per heavy atom. The summed E-state index contributed by atoms with van der Waals surface area (Å²) >= 11 is 3.92. The van der Waals surface area contributed by atoms with Crippen molar-refractivity contribution in [1.82, 2.24) is 15.5 Å². The molecule has 0 bridgehead atoms. The van der Waals surface area contributed by atoms with E-state index in [0.29, 0.717) is 45.2 Å². The number of nitrogens with zero attached hydrogens (tertiary/aromatic N) is 1. The number of nitrogens with two attached hydrogens (primary N) is 2. The summed E-state index contributed by atoms with van der Waals surface area (Å²) in [5.74, 6) is -2.65. The fourth-order valence-electron chi connectivity index (χ4n) is 3.05. The van der Waals surface area contributed by atoms with Crippen LogP contribution in [0.1, 0.15) is 39.0 Å². The molecule has 10 nitrogen and oxygen atoms in total. The second kappa shape index (κ2) is 11.9. The van der Waals surface area contributed by atoms with E-state index in [1.54, 1.807) is 6.92 Å². The maximum Gasteiger partial charge on any atom is 0.327 e. The molecule has 160 valence electrons. The number of thiol groups is 1. The number of carboxylic acid groups (broad SMARTS) is 1. The molecule has 28 heavy (non-hydrogen) atoms. The van der Waals surface area contributed by atoms with Crippen LogP contribution in [0.25, 0.3) is 0 Å². The van der Waals surface area contributed by atoms with E-state index in [0.717, 1.165) is 0 Å². The second-order valence-corrected chi connectivity index (χ2v) is 7.27. The van der Waals surface area contributed by atoms with Crippen molar-refractivity contribution in [2.45, 2.75) is 63.2 Å². The molecular weight excluding hydrogens is 386 g/mol. The highest BCUT2D eigenvalue weighted by Gasteiger charge is 2.37. The highest BCUT2D eigenvalue weighted by molar-refractivity contribution is 7.80. The summed E-state index contributed by atoms with van der Waals surface area (Å²) in [4.78, 5) is 50.0. The van der Waals surface area contributed by atoms with Crippen LogP contribution in [0.3, 0.4) is 0 Å². The van der Waals surface area contributed by atoms with E-state index in [2.05, 4.69) is 23.3 Å². The molecule has 4 unspecified atom stereocenters. The number of unbranched alkanes of at least 4 members (excludes halogenated alkanes) is 1. The third kappa shape index (κ3) is 6.95. The van der Waals surface area contributed by atoms with Crippen molar-refractivity contribution in [3.8, 4) is 0 Å². The third-order valence-corrected chi connectivity index (χ3v) is 4.97. The number of carboxylic acids is 1. The Bertz CT molecular complexity index is 574. The molecule has 1 aliphatic heterocycles. The smallest absolute Gasteiger partial charge is 0.327 e. The van der Waals surface area contributed by atoms with Gasteiger partial charge in [-0.2, -0.15) is 12.6 Å². The Balaban J connectivity index is 2.83. The van der Waals surface area contributed by atoms with Gasteiger partial charge in [-0.3, -0.25) is 14.4 Å². The van der Waals surface area contributed by atoms with Gasteiger partial charge >= 0.3 is 5.97 Å². The molecule has 1 heterocycles. The van der Waals surface area contributed by atoms with E-state index in [1.165, 1.54) is 4.90 Å². The molecule has 1 aliphatic rings. The number of rotatable bonds is 11. The maximum atomic E-state index is 12.7. The van der Waals surface area contributed by atoms with Gasteiger partial charge in [0.1, 0.15) is 18.1 Å². The van der Waals surface area contributed by atoms with Gasteiger partial charge in [0.25, 0.3) is 0 Å². The average Bonchev–Trinajstić information content (AvgIpc) is 3.13. The monoisotopic (exact) mass is 417 g/mol. The van der Waals surface area contributed by atoms with Crippen LogP contribution in [0.15, 0.2) is 0 Å². The molecule has 0 aromatic heterocycles. The lowest BCUT2D eigenvalue weighted by Gasteiger charge is -2.28. The van der Waals surface area contributed by atoms with Gasteiger partial charge < -0.3 is 32.1 Å². The number of hydrogen-bond acceptors (Lipinski definition) is 7. The molecule has 11 heteroatoms. The van der Waals surface area contributed by atoms with Crippen LogP contribution in [0, 0.1) is 0 Å². The first-order valence-electron chi connectivity index (χ1n) is 9.43. The zero-order valence-electron chi connectivity index (χ0n) is 16.1. The number of carbonyl (C=O) groups is 4. The number of hydrogen-bond donors (Lipinski definition) is 6. The Hall–Kier alpha value is -1.85. The molecule has 7 N–H and O–H groups in total. The molecule has 0 aromatic carbocycles. The Kier molecular flexibility index (Phi) is 10.3. The van der Waals surface area contributed by atoms with E-state index in [4.69, 9.17) is 16.6 Å². The summed E-state index contributed by atoms with van der Waals surface area (Å²) in [6, 6.07) is -3.49. The highest BCUT2D eigenvalue weighted by atomic mass is 32.1. The minimum absolute atomic E-state index is 0.0795. The minimum atomic E-state index is -1.21. The molecule has 1 rings (SSSR count). The van der Waals surface area contributed by atoms with Gasteiger partial charge in [0.05, 0.1) is 6.04 Å².